The number of hydrogen-bond donors (Lipinski definition) is 1. The summed E-state index contributed by atoms with van der Waals surface area (Å²) in [4.78, 5) is 3.84. The first-order valence-corrected chi connectivity index (χ1v) is 3.46. The summed E-state index contributed by atoms with van der Waals surface area (Å²) in [6.07, 6.45) is 1.49. The van der Waals surface area contributed by atoms with Crippen molar-refractivity contribution in [3.05, 3.63) is 23.9 Å². The van der Waals surface area contributed by atoms with E-state index in [4.69, 9.17) is 15.1 Å². The van der Waals surface area contributed by atoms with Crippen LogP contribution in [0.3, 0.4) is 0 Å². The molecule has 1 heterocycles. The van der Waals surface area contributed by atoms with Crippen molar-refractivity contribution >= 4 is 0 Å². The zero-order chi connectivity index (χ0) is 8.81. The lowest BCUT2D eigenvalue weighted by Gasteiger charge is -2.01. The normalized spacial score (nSPS) is 9.00. The molecule has 62 valence electrons. The minimum Gasteiger partial charge on any atom is -0.475 e. The number of aliphatic hydroxyl groups excluding tert-OH is 1. The van der Waals surface area contributed by atoms with Crippen LogP contribution in [0.15, 0.2) is 18.3 Å². The Kier molecular flexibility index (Phi) is 3.05. The van der Waals surface area contributed by atoms with E-state index in [0.29, 0.717) is 11.4 Å². The molecule has 0 unspecified atom stereocenters. The van der Waals surface area contributed by atoms with Crippen LogP contribution in [0.1, 0.15) is 5.56 Å². The van der Waals surface area contributed by atoms with Gasteiger partial charge in [0.1, 0.15) is 6.61 Å². The first kappa shape index (κ1) is 8.50. The van der Waals surface area contributed by atoms with Gasteiger partial charge in [0.15, 0.2) is 0 Å². The van der Waals surface area contributed by atoms with Crippen molar-refractivity contribution in [3.8, 4) is 11.9 Å². The molecule has 0 aromatic carbocycles. The van der Waals surface area contributed by atoms with Crippen molar-refractivity contribution < 1.29 is 9.84 Å². The maximum absolute atomic E-state index is 8.50. The average molecular weight is 164 g/mol. The van der Waals surface area contributed by atoms with Gasteiger partial charge in [-0.25, -0.2) is 4.98 Å². The van der Waals surface area contributed by atoms with Gasteiger partial charge in [-0.1, -0.05) is 0 Å². The number of hydrogen-bond acceptors (Lipinski definition) is 4. The summed E-state index contributed by atoms with van der Waals surface area (Å²) in [6.45, 7) is 0.139. The molecule has 1 aromatic heterocycles. The molecule has 0 bridgehead atoms. The maximum Gasteiger partial charge on any atom is 0.214 e. The third-order valence-electron chi connectivity index (χ3n) is 1.21. The van der Waals surface area contributed by atoms with Crippen LogP contribution in [0.2, 0.25) is 0 Å². The van der Waals surface area contributed by atoms with Crippen LogP contribution in [0.4, 0.5) is 0 Å². The number of aromatic nitrogens is 1. The summed E-state index contributed by atoms with van der Waals surface area (Å²) in [5, 5.41) is 16.9. The van der Waals surface area contributed by atoms with Gasteiger partial charge in [-0.05, 0) is 6.07 Å². The minimum absolute atomic E-state index is 0.0571. The average Bonchev–Trinajstić information content (AvgIpc) is 2.15. The first-order valence-electron chi connectivity index (χ1n) is 3.46. The SMILES string of the molecule is N#Cc1ccnc(OCCO)c1. The molecule has 1 N–H and O–H groups in total. The van der Waals surface area contributed by atoms with Gasteiger partial charge in [0.05, 0.1) is 18.2 Å². The van der Waals surface area contributed by atoms with Gasteiger partial charge in [-0.2, -0.15) is 5.26 Å². The molecule has 0 radical (unpaired) electrons. The van der Waals surface area contributed by atoms with Gasteiger partial charge in [0.2, 0.25) is 5.88 Å². The van der Waals surface area contributed by atoms with Crippen LogP contribution in [0, 0.1) is 11.3 Å². The van der Waals surface area contributed by atoms with Crippen molar-refractivity contribution in [2.45, 2.75) is 0 Å². The van der Waals surface area contributed by atoms with Crippen molar-refractivity contribution in [1.82, 2.24) is 4.98 Å². The van der Waals surface area contributed by atoms with Crippen LogP contribution >= 0.6 is 0 Å². The number of rotatable bonds is 3. The Hall–Kier alpha value is -1.60. The van der Waals surface area contributed by atoms with E-state index in [1.807, 2.05) is 6.07 Å². The smallest absolute Gasteiger partial charge is 0.214 e. The second-order valence-corrected chi connectivity index (χ2v) is 2.07. The molecular formula is C8H8N2O2. The van der Waals surface area contributed by atoms with E-state index in [1.165, 1.54) is 12.3 Å². The van der Waals surface area contributed by atoms with E-state index in [2.05, 4.69) is 4.98 Å². The van der Waals surface area contributed by atoms with Gasteiger partial charge in [-0.3, -0.25) is 0 Å². The molecule has 0 aliphatic carbocycles. The van der Waals surface area contributed by atoms with Crippen LogP contribution in [0.5, 0.6) is 5.88 Å². The fourth-order valence-corrected chi connectivity index (χ4v) is 0.708. The van der Waals surface area contributed by atoms with Gasteiger partial charge in [0, 0.05) is 12.3 Å². The number of ether oxygens (including phenoxy) is 1. The molecule has 0 amide bonds. The highest BCUT2D eigenvalue weighted by molar-refractivity contribution is 5.31. The molecule has 4 heteroatoms. The minimum atomic E-state index is -0.0571. The van der Waals surface area contributed by atoms with Gasteiger partial charge < -0.3 is 9.84 Å². The largest absolute Gasteiger partial charge is 0.475 e. The second-order valence-electron chi connectivity index (χ2n) is 2.07. The van der Waals surface area contributed by atoms with Crippen molar-refractivity contribution in [3.63, 3.8) is 0 Å². The Labute approximate surface area is 70.0 Å². The van der Waals surface area contributed by atoms with Crippen LogP contribution in [0.25, 0.3) is 0 Å². The maximum atomic E-state index is 8.50. The fourth-order valence-electron chi connectivity index (χ4n) is 0.708. The van der Waals surface area contributed by atoms with Crippen LogP contribution < -0.4 is 4.74 Å². The summed E-state index contributed by atoms with van der Waals surface area (Å²) in [6, 6.07) is 5.07. The fraction of sp³-hybridized carbons (Fsp3) is 0.250. The van der Waals surface area contributed by atoms with E-state index < -0.39 is 0 Å². The molecule has 0 spiro atoms. The summed E-state index contributed by atoms with van der Waals surface area (Å²) in [7, 11) is 0. The number of nitriles is 1. The zero-order valence-electron chi connectivity index (χ0n) is 6.40. The van der Waals surface area contributed by atoms with E-state index in [1.54, 1.807) is 6.07 Å². The number of pyridine rings is 1. The molecule has 1 aromatic rings. The summed E-state index contributed by atoms with van der Waals surface area (Å²) in [5.74, 6) is 0.364. The molecule has 1 rings (SSSR count). The monoisotopic (exact) mass is 164 g/mol. The highest BCUT2D eigenvalue weighted by atomic mass is 16.5. The lowest BCUT2D eigenvalue weighted by molar-refractivity contribution is 0.196. The van der Waals surface area contributed by atoms with Gasteiger partial charge >= 0.3 is 0 Å². The highest BCUT2D eigenvalue weighted by Crippen LogP contribution is 2.07. The summed E-state index contributed by atoms with van der Waals surface area (Å²) in [5.41, 5.74) is 0.498. The summed E-state index contributed by atoms with van der Waals surface area (Å²) >= 11 is 0. The van der Waals surface area contributed by atoms with Crippen LogP contribution in [-0.2, 0) is 0 Å². The molecule has 0 saturated carbocycles. The standard InChI is InChI=1S/C8H8N2O2/c9-6-7-1-2-10-8(5-7)12-4-3-11/h1-2,5,11H,3-4H2. The Morgan fingerprint density at radius 2 is 2.50 bits per heavy atom. The van der Waals surface area contributed by atoms with E-state index in [-0.39, 0.29) is 13.2 Å². The zero-order valence-corrected chi connectivity index (χ0v) is 6.40. The van der Waals surface area contributed by atoms with Gasteiger partial charge in [-0.15, -0.1) is 0 Å². The Morgan fingerprint density at radius 1 is 1.67 bits per heavy atom. The Balaban J connectivity index is 2.68. The lowest BCUT2D eigenvalue weighted by atomic mass is 10.3. The molecular weight excluding hydrogens is 156 g/mol. The second kappa shape index (κ2) is 4.31. The lowest BCUT2D eigenvalue weighted by Crippen LogP contribution is -2.02. The van der Waals surface area contributed by atoms with E-state index in [0.717, 1.165) is 0 Å². The Bertz CT molecular complexity index is 293. The Morgan fingerprint density at radius 3 is 3.17 bits per heavy atom. The molecule has 0 aliphatic heterocycles. The molecule has 0 aliphatic rings. The molecule has 0 saturated heterocycles. The first-order chi connectivity index (χ1) is 5.86. The van der Waals surface area contributed by atoms with E-state index in [9.17, 15) is 0 Å². The quantitative estimate of drug-likeness (QED) is 0.698. The van der Waals surface area contributed by atoms with Crippen molar-refractivity contribution in [2.24, 2.45) is 0 Å². The topological polar surface area (TPSA) is 66.1 Å². The van der Waals surface area contributed by atoms with Crippen LogP contribution in [-0.4, -0.2) is 23.3 Å². The number of nitrogens with zero attached hydrogens (tertiary/aromatic N) is 2. The van der Waals surface area contributed by atoms with Crippen molar-refractivity contribution in [1.29, 1.82) is 5.26 Å². The predicted molar refractivity (Wildman–Crippen MR) is 41.5 cm³/mol. The summed E-state index contributed by atoms with van der Waals surface area (Å²) < 4.78 is 4.99. The van der Waals surface area contributed by atoms with Gasteiger partial charge in [0.25, 0.3) is 0 Å². The molecule has 0 atom stereocenters. The van der Waals surface area contributed by atoms with Crippen molar-refractivity contribution in [2.75, 3.05) is 13.2 Å². The third-order valence-corrected chi connectivity index (χ3v) is 1.21. The van der Waals surface area contributed by atoms with E-state index >= 15 is 0 Å². The molecule has 12 heavy (non-hydrogen) atoms. The third kappa shape index (κ3) is 2.22. The predicted octanol–water partition coefficient (Wildman–Crippen LogP) is 0.324. The molecule has 0 fully saturated rings. The highest BCUT2D eigenvalue weighted by Gasteiger charge is 1.95. The number of aliphatic hydroxyl groups is 1. The molecule has 4 nitrogen and oxygen atoms in total.